The second-order valence-electron chi connectivity index (χ2n) is 3.03. The highest BCUT2D eigenvalue weighted by Crippen LogP contribution is 2.27. The maximum atomic E-state index is 9.59. The molecular weight excluding hydrogens is 188 g/mol. The Labute approximate surface area is 80.6 Å². The average molecular weight is 200 g/mol. The Morgan fingerprint density at radius 2 is 2.62 bits per heavy atom. The number of rotatable bonds is 2. The highest BCUT2D eigenvalue weighted by atomic mass is 32.1. The summed E-state index contributed by atoms with van der Waals surface area (Å²) in [5.74, 6) is 0. The molecule has 1 saturated heterocycles. The van der Waals surface area contributed by atoms with Crippen LogP contribution in [0.3, 0.4) is 0 Å². The first-order valence-electron chi connectivity index (χ1n) is 4.22. The summed E-state index contributed by atoms with van der Waals surface area (Å²) in [7, 11) is 1.60. The first kappa shape index (κ1) is 8.93. The maximum Gasteiger partial charge on any atom is 0.273 e. The predicted octanol–water partition coefficient (Wildman–Crippen LogP) is 0.547. The van der Waals surface area contributed by atoms with Gasteiger partial charge in [-0.05, 0) is 13.0 Å². The monoisotopic (exact) mass is 200 g/mol. The van der Waals surface area contributed by atoms with Crippen molar-refractivity contribution in [2.45, 2.75) is 18.6 Å². The molecule has 4 nitrogen and oxygen atoms in total. The van der Waals surface area contributed by atoms with Gasteiger partial charge in [0.2, 0.25) is 0 Å². The van der Waals surface area contributed by atoms with Crippen molar-refractivity contribution in [3.05, 3.63) is 11.1 Å². The van der Waals surface area contributed by atoms with E-state index in [1.165, 1.54) is 11.3 Å². The molecule has 2 rings (SSSR count). The third-order valence-electron chi connectivity index (χ3n) is 2.18. The Hall–Kier alpha value is -0.650. The number of hydrogen-bond donors (Lipinski definition) is 2. The van der Waals surface area contributed by atoms with Gasteiger partial charge in [0.1, 0.15) is 0 Å². The van der Waals surface area contributed by atoms with Crippen molar-refractivity contribution in [1.29, 1.82) is 0 Å². The number of aliphatic hydroxyl groups is 1. The van der Waals surface area contributed by atoms with Crippen molar-refractivity contribution < 1.29 is 9.84 Å². The van der Waals surface area contributed by atoms with E-state index >= 15 is 0 Å². The summed E-state index contributed by atoms with van der Waals surface area (Å²) in [5, 5.41) is 15.4. The molecule has 0 saturated carbocycles. The zero-order chi connectivity index (χ0) is 9.26. The van der Waals surface area contributed by atoms with Gasteiger partial charge < -0.3 is 15.2 Å². The molecule has 0 radical (unpaired) electrons. The zero-order valence-corrected chi connectivity index (χ0v) is 8.17. The molecule has 0 spiro atoms. The molecule has 2 N–H and O–H groups in total. The molecule has 0 bridgehead atoms. The lowest BCUT2D eigenvalue weighted by molar-refractivity contribution is 0.158. The maximum absolute atomic E-state index is 9.59. The highest BCUT2D eigenvalue weighted by Gasteiger charge is 2.28. The number of methoxy groups -OCH3 is 1. The molecule has 0 aromatic carbocycles. The molecule has 13 heavy (non-hydrogen) atoms. The van der Waals surface area contributed by atoms with Crippen molar-refractivity contribution in [3.63, 3.8) is 0 Å². The molecule has 1 aromatic heterocycles. The van der Waals surface area contributed by atoms with Crippen LogP contribution in [0, 0.1) is 0 Å². The lowest BCUT2D eigenvalue weighted by Crippen LogP contribution is -2.21. The number of nitrogens with one attached hydrogen (secondary N) is 1. The molecule has 2 unspecified atom stereocenters. The van der Waals surface area contributed by atoms with Crippen LogP contribution in [0.4, 0.5) is 0 Å². The first-order valence-corrected chi connectivity index (χ1v) is 5.10. The molecule has 72 valence electrons. The minimum absolute atomic E-state index is 0.0138. The van der Waals surface area contributed by atoms with Gasteiger partial charge in [-0.2, -0.15) is 0 Å². The lowest BCUT2D eigenvalue weighted by atomic mass is 10.1. The standard InChI is InChI=1S/C8H12N2O2S/c1-12-8-10-5(4-13-8)7-6(11)2-3-9-7/h4,6-7,9,11H,2-3H2,1H3. The SMILES string of the molecule is COc1nc(C2NCCC2O)cs1. The summed E-state index contributed by atoms with van der Waals surface area (Å²) in [6.45, 7) is 0.853. The van der Waals surface area contributed by atoms with Gasteiger partial charge in [0.15, 0.2) is 0 Å². The van der Waals surface area contributed by atoms with Crippen molar-refractivity contribution >= 4 is 11.3 Å². The van der Waals surface area contributed by atoms with Gasteiger partial charge in [0, 0.05) is 5.38 Å². The molecule has 1 aliphatic heterocycles. The third-order valence-corrected chi connectivity index (χ3v) is 3.00. The second-order valence-corrected chi connectivity index (χ2v) is 3.85. The van der Waals surface area contributed by atoms with Crippen LogP contribution in [0.15, 0.2) is 5.38 Å². The molecule has 0 amide bonds. The Bertz CT molecular complexity index is 289. The van der Waals surface area contributed by atoms with E-state index in [2.05, 4.69) is 10.3 Å². The molecular formula is C8H12N2O2S. The fourth-order valence-corrected chi connectivity index (χ4v) is 2.17. The zero-order valence-electron chi connectivity index (χ0n) is 7.36. The minimum Gasteiger partial charge on any atom is -0.473 e. The van der Waals surface area contributed by atoms with Crippen molar-refractivity contribution in [2.75, 3.05) is 13.7 Å². The van der Waals surface area contributed by atoms with Crippen LogP contribution in [0.25, 0.3) is 0 Å². The number of aliphatic hydroxyl groups excluding tert-OH is 1. The summed E-state index contributed by atoms with van der Waals surface area (Å²) in [5.41, 5.74) is 0.881. The van der Waals surface area contributed by atoms with Crippen LogP contribution in [0.2, 0.25) is 0 Å². The van der Waals surface area contributed by atoms with E-state index in [4.69, 9.17) is 4.74 Å². The molecule has 2 atom stereocenters. The number of hydrogen-bond acceptors (Lipinski definition) is 5. The molecule has 2 heterocycles. The lowest BCUT2D eigenvalue weighted by Gasteiger charge is -2.10. The van der Waals surface area contributed by atoms with Crippen LogP contribution in [0.1, 0.15) is 18.2 Å². The van der Waals surface area contributed by atoms with E-state index in [1.54, 1.807) is 7.11 Å². The second kappa shape index (κ2) is 3.61. The Kier molecular flexibility index (Phi) is 2.48. The van der Waals surface area contributed by atoms with Gasteiger partial charge in [-0.25, -0.2) is 4.98 Å². The van der Waals surface area contributed by atoms with Gasteiger partial charge in [-0.15, -0.1) is 0 Å². The summed E-state index contributed by atoms with van der Waals surface area (Å²) in [4.78, 5) is 4.23. The van der Waals surface area contributed by atoms with Crippen LogP contribution >= 0.6 is 11.3 Å². The van der Waals surface area contributed by atoms with E-state index in [0.717, 1.165) is 18.7 Å². The number of thiazole rings is 1. The first-order chi connectivity index (χ1) is 6.31. The van der Waals surface area contributed by atoms with Crippen LogP contribution in [0.5, 0.6) is 5.19 Å². The van der Waals surface area contributed by atoms with Crippen molar-refractivity contribution in [2.24, 2.45) is 0 Å². The molecule has 1 fully saturated rings. The van der Waals surface area contributed by atoms with Gasteiger partial charge >= 0.3 is 0 Å². The average Bonchev–Trinajstić information content (AvgIpc) is 2.71. The number of ether oxygens (including phenoxy) is 1. The minimum atomic E-state index is -0.313. The molecule has 1 aromatic rings. The fraction of sp³-hybridized carbons (Fsp3) is 0.625. The summed E-state index contributed by atoms with van der Waals surface area (Å²) in [6, 6.07) is -0.0138. The summed E-state index contributed by atoms with van der Waals surface area (Å²) < 4.78 is 4.99. The van der Waals surface area contributed by atoms with Gasteiger partial charge in [-0.3, -0.25) is 0 Å². The Morgan fingerprint density at radius 1 is 1.77 bits per heavy atom. The third kappa shape index (κ3) is 1.67. The normalized spacial score (nSPS) is 27.8. The molecule has 1 aliphatic rings. The van der Waals surface area contributed by atoms with E-state index in [-0.39, 0.29) is 12.1 Å². The smallest absolute Gasteiger partial charge is 0.273 e. The van der Waals surface area contributed by atoms with E-state index in [9.17, 15) is 5.11 Å². The van der Waals surface area contributed by atoms with E-state index < -0.39 is 0 Å². The summed E-state index contributed by atoms with van der Waals surface area (Å²) in [6.07, 6.45) is 0.483. The molecule has 0 aliphatic carbocycles. The van der Waals surface area contributed by atoms with Gasteiger partial charge in [0.25, 0.3) is 5.19 Å². The quantitative estimate of drug-likeness (QED) is 0.732. The van der Waals surface area contributed by atoms with E-state index in [0.29, 0.717) is 5.19 Å². The predicted molar refractivity (Wildman–Crippen MR) is 50.0 cm³/mol. The molecule has 5 heteroatoms. The number of aromatic nitrogens is 1. The Morgan fingerprint density at radius 3 is 3.15 bits per heavy atom. The van der Waals surface area contributed by atoms with Crippen molar-refractivity contribution in [1.82, 2.24) is 10.3 Å². The van der Waals surface area contributed by atoms with E-state index in [1.807, 2.05) is 5.38 Å². The topological polar surface area (TPSA) is 54.4 Å². The van der Waals surface area contributed by atoms with Crippen molar-refractivity contribution in [3.8, 4) is 5.19 Å². The van der Waals surface area contributed by atoms with Crippen LogP contribution in [-0.4, -0.2) is 29.8 Å². The summed E-state index contributed by atoms with van der Waals surface area (Å²) >= 11 is 1.45. The largest absolute Gasteiger partial charge is 0.473 e. The van der Waals surface area contributed by atoms with Gasteiger partial charge in [0.05, 0.1) is 24.9 Å². The number of nitrogens with zero attached hydrogens (tertiary/aromatic N) is 1. The Balaban J connectivity index is 2.15. The van der Waals surface area contributed by atoms with Gasteiger partial charge in [-0.1, -0.05) is 11.3 Å². The highest BCUT2D eigenvalue weighted by molar-refractivity contribution is 7.11. The van der Waals surface area contributed by atoms with Crippen LogP contribution < -0.4 is 10.1 Å². The van der Waals surface area contributed by atoms with Crippen LogP contribution in [-0.2, 0) is 0 Å². The fourth-order valence-electron chi connectivity index (χ4n) is 1.50.